The van der Waals surface area contributed by atoms with Crippen LogP contribution in [0.2, 0.25) is 0 Å². The van der Waals surface area contributed by atoms with Gasteiger partial charge >= 0.3 is 0 Å². The highest BCUT2D eigenvalue weighted by atomic mass is 16.5. The molecule has 30 heavy (non-hydrogen) atoms. The predicted molar refractivity (Wildman–Crippen MR) is 121 cm³/mol. The molecule has 0 radical (unpaired) electrons. The molecule has 0 saturated heterocycles. The van der Waals surface area contributed by atoms with Crippen molar-refractivity contribution in [2.75, 3.05) is 21.3 Å². The van der Waals surface area contributed by atoms with Crippen molar-refractivity contribution in [2.24, 2.45) is 0 Å². The minimum Gasteiger partial charge on any atom is -0.496 e. The molecule has 3 aromatic rings. The van der Waals surface area contributed by atoms with Gasteiger partial charge in [0.2, 0.25) is 0 Å². The van der Waals surface area contributed by atoms with E-state index in [9.17, 15) is 4.79 Å². The van der Waals surface area contributed by atoms with E-state index in [0.717, 1.165) is 28.0 Å². The standard InChI is InChI=1S/C26H24O4/c1-28-24-10-7-11-25(29-2)23(24)17-15-21(27)14-12-19-13-16-22(26(18-19)30-3)20-8-5-4-6-9-20/h4-18H,1-3H3/b14-12+,17-15+. The second-order valence-corrected chi connectivity index (χ2v) is 6.47. The summed E-state index contributed by atoms with van der Waals surface area (Å²) in [7, 11) is 4.81. The maximum absolute atomic E-state index is 12.3. The second-order valence-electron chi connectivity index (χ2n) is 6.47. The van der Waals surface area contributed by atoms with Crippen LogP contribution < -0.4 is 14.2 Å². The summed E-state index contributed by atoms with van der Waals surface area (Å²) < 4.78 is 16.2. The van der Waals surface area contributed by atoms with Gasteiger partial charge in [0.25, 0.3) is 0 Å². The Morgan fingerprint density at radius 1 is 0.700 bits per heavy atom. The number of hydrogen-bond acceptors (Lipinski definition) is 4. The van der Waals surface area contributed by atoms with Crippen molar-refractivity contribution in [3.63, 3.8) is 0 Å². The average Bonchev–Trinajstić information content (AvgIpc) is 2.81. The topological polar surface area (TPSA) is 44.8 Å². The number of carbonyl (C=O) groups is 1. The van der Waals surface area contributed by atoms with E-state index >= 15 is 0 Å². The van der Waals surface area contributed by atoms with Crippen LogP contribution in [-0.4, -0.2) is 27.1 Å². The van der Waals surface area contributed by atoms with Crippen LogP contribution in [0.1, 0.15) is 11.1 Å². The molecule has 0 amide bonds. The SMILES string of the molecule is COc1cc(/C=C/C(=O)/C=C/c2c(OC)cccc2OC)ccc1-c1ccccc1. The first-order valence-electron chi connectivity index (χ1n) is 9.51. The van der Waals surface area contributed by atoms with Gasteiger partial charge in [-0.15, -0.1) is 0 Å². The van der Waals surface area contributed by atoms with E-state index < -0.39 is 0 Å². The summed E-state index contributed by atoms with van der Waals surface area (Å²) in [6, 6.07) is 21.4. The lowest BCUT2D eigenvalue weighted by Gasteiger charge is -2.09. The van der Waals surface area contributed by atoms with E-state index in [2.05, 4.69) is 0 Å². The number of ketones is 1. The fraction of sp³-hybridized carbons (Fsp3) is 0.115. The monoisotopic (exact) mass is 400 g/mol. The molecule has 0 aliphatic heterocycles. The summed E-state index contributed by atoms with van der Waals surface area (Å²) >= 11 is 0. The highest BCUT2D eigenvalue weighted by molar-refractivity contribution is 6.04. The van der Waals surface area contributed by atoms with Crippen molar-refractivity contribution in [1.29, 1.82) is 0 Å². The molecule has 3 aromatic carbocycles. The number of ether oxygens (including phenoxy) is 3. The molecule has 0 N–H and O–H groups in total. The molecular weight excluding hydrogens is 376 g/mol. The number of methoxy groups -OCH3 is 3. The summed E-state index contributed by atoms with van der Waals surface area (Å²) in [6.07, 6.45) is 6.48. The number of rotatable bonds is 8. The van der Waals surface area contributed by atoms with Gasteiger partial charge in [-0.05, 0) is 47.6 Å². The van der Waals surface area contributed by atoms with Crippen LogP contribution in [0.3, 0.4) is 0 Å². The van der Waals surface area contributed by atoms with E-state index in [1.54, 1.807) is 33.5 Å². The number of allylic oxidation sites excluding steroid dienone is 2. The quantitative estimate of drug-likeness (QED) is 0.457. The third-order valence-electron chi connectivity index (χ3n) is 4.63. The van der Waals surface area contributed by atoms with Gasteiger partial charge in [0.05, 0.1) is 26.9 Å². The van der Waals surface area contributed by atoms with E-state index in [-0.39, 0.29) is 5.78 Å². The highest BCUT2D eigenvalue weighted by Crippen LogP contribution is 2.31. The molecule has 0 bridgehead atoms. The fourth-order valence-corrected chi connectivity index (χ4v) is 3.11. The first kappa shape index (κ1) is 20.9. The summed E-state index contributed by atoms with van der Waals surface area (Å²) in [4.78, 5) is 12.3. The van der Waals surface area contributed by atoms with Crippen LogP contribution in [0.4, 0.5) is 0 Å². The molecule has 0 aliphatic rings. The second kappa shape index (κ2) is 10.1. The van der Waals surface area contributed by atoms with Crippen molar-refractivity contribution >= 4 is 17.9 Å². The Morgan fingerprint density at radius 2 is 1.33 bits per heavy atom. The predicted octanol–water partition coefficient (Wildman–Crippen LogP) is 5.68. The Hall–Kier alpha value is -3.79. The van der Waals surface area contributed by atoms with Crippen LogP contribution in [0.25, 0.3) is 23.3 Å². The molecule has 3 rings (SSSR count). The lowest BCUT2D eigenvalue weighted by atomic mass is 10.0. The van der Waals surface area contributed by atoms with Crippen molar-refractivity contribution in [3.8, 4) is 28.4 Å². The Morgan fingerprint density at radius 3 is 1.97 bits per heavy atom. The molecule has 4 heteroatoms. The van der Waals surface area contributed by atoms with Crippen molar-refractivity contribution in [2.45, 2.75) is 0 Å². The zero-order valence-corrected chi connectivity index (χ0v) is 17.3. The normalized spacial score (nSPS) is 11.0. The Labute approximate surface area is 177 Å². The van der Waals surface area contributed by atoms with Gasteiger partial charge in [-0.1, -0.05) is 54.6 Å². The van der Waals surface area contributed by atoms with Crippen LogP contribution in [0.15, 0.2) is 78.9 Å². The van der Waals surface area contributed by atoms with E-state index in [1.165, 1.54) is 12.2 Å². The lowest BCUT2D eigenvalue weighted by molar-refractivity contribution is -0.110. The first-order chi connectivity index (χ1) is 14.7. The molecule has 4 nitrogen and oxygen atoms in total. The molecule has 0 aromatic heterocycles. The largest absolute Gasteiger partial charge is 0.496 e. The number of carbonyl (C=O) groups excluding carboxylic acids is 1. The van der Waals surface area contributed by atoms with Crippen molar-refractivity contribution < 1.29 is 19.0 Å². The highest BCUT2D eigenvalue weighted by Gasteiger charge is 2.07. The minimum atomic E-state index is -0.144. The lowest BCUT2D eigenvalue weighted by Crippen LogP contribution is -1.93. The molecule has 0 aliphatic carbocycles. The van der Waals surface area contributed by atoms with E-state index in [0.29, 0.717) is 11.5 Å². The van der Waals surface area contributed by atoms with Gasteiger partial charge in [0.1, 0.15) is 17.2 Å². The fourth-order valence-electron chi connectivity index (χ4n) is 3.11. The van der Waals surface area contributed by atoms with Gasteiger partial charge in [-0.2, -0.15) is 0 Å². The molecule has 0 unspecified atom stereocenters. The maximum Gasteiger partial charge on any atom is 0.178 e. The zero-order valence-electron chi connectivity index (χ0n) is 17.3. The molecule has 152 valence electrons. The molecule has 0 atom stereocenters. The van der Waals surface area contributed by atoms with Gasteiger partial charge in [-0.25, -0.2) is 0 Å². The Bertz CT molecular complexity index is 1040. The van der Waals surface area contributed by atoms with Crippen LogP contribution >= 0.6 is 0 Å². The zero-order chi connectivity index (χ0) is 21.3. The molecular formula is C26H24O4. The minimum absolute atomic E-state index is 0.144. The Balaban J connectivity index is 1.78. The number of benzene rings is 3. The van der Waals surface area contributed by atoms with Crippen molar-refractivity contribution in [1.82, 2.24) is 0 Å². The Kier molecular flexibility index (Phi) is 7.06. The van der Waals surface area contributed by atoms with E-state index in [4.69, 9.17) is 14.2 Å². The van der Waals surface area contributed by atoms with Gasteiger partial charge < -0.3 is 14.2 Å². The molecule has 0 saturated carbocycles. The summed E-state index contributed by atoms with van der Waals surface area (Å²) in [5, 5.41) is 0. The first-order valence-corrected chi connectivity index (χ1v) is 9.51. The van der Waals surface area contributed by atoms with Crippen molar-refractivity contribution in [3.05, 3.63) is 90.0 Å². The summed E-state index contributed by atoms with van der Waals surface area (Å²) in [6.45, 7) is 0. The molecule has 0 spiro atoms. The molecule has 0 fully saturated rings. The van der Waals surface area contributed by atoms with Gasteiger partial charge in [0, 0.05) is 5.56 Å². The van der Waals surface area contributed by atoms with Gasteiger partial charge in [-0.3, -0.25) is 4.79 Å². The third-order valence-corrected chi connectivity index (χ3v) is 4.63. The van der Waals surface area contributed by atoms with Crippen LogP contribution in [-0.2, 0) is 4.79 Å². The smallest absolute Gasteiger partial charge is 0.178 e. The molecule has 0 heterocycles. The average molecular weight is 400 g/mol. The summed E-state index contributed by atoms with van der Waals surface area (Å²) in [5.74, 6) is 1.89. The maximum atomic E-state index is 12.3. The number of hydrogen-bond donors (Lipinski definition) is 0. The van der Waals surface area contributed by atoms with Crippen LogP contribution in [0, 0.1) is 0 Å². The van der Waals surface area contributed by atoms with Crippen LogP contribution in [0.5, 0.6) is 17.2 Å². The van der Waals surface area contributed by atoms with Gasteiger partial charge in [0.15, 0.2) is 5.78 Å². The summed E-state index contributed by atoms with van der Waals surface area (Å²) in [5.41, 5.74) is 3.68. The third kappa shape index (κ3) is 4.97. The van der Waals surface area contributed by atoms with E-state index in [1.807, 2.05) is 66.7 Å².